The number of phenolic OH excluding ortho intramolecular Hbond substituents is 2. The molecule has 2 aromatic heterocycles. The Balaban J connectivity index is 2.09. The molecule has 0 saturated carbocycles. The third-order valence-corrected chi connectivity index (χ3v) is 4.61. The summed E-state index contributed by atoms with van der Waals surface area (Å²) in [6, 6.07) is 3.84. The maximum absolute atomic E-state index is 10.2. The van der Waals surface area contributed by atoms with Gasteiger partial charge in [0.1, 0.15) is 23.3 Å². The van der Waals surface area contributed by atoms with Crippen molar-refractivity contribution < 1.29 is 34.3 Å². The fourth-order valence-electron chi connectivity index (χ4n) is 2.40. The van der Waals surface area contributed by atoms with Crippen molar-refractivity contribution in [2.75, 3.05) is 14.2 Å². The number of ether oxygens (including phenoxy) is 2. The molecule has 24 heavy (non-hydrogen) atoms. The highest BCUT2D eigenvalue weighted by molar-refractivity contribution is 7.14. The van der Waals surface area contributed by atoms with Gasteiger partial charge in [-0.15, -0.1) is 0 Å². The highest BCUT2D eigenvalue weighted by Gasteiger charge is 2.27. The average Bonchev–Trinajstić information content (AvgIpc) is 2.84. The number of rotatable bonds is 4. The summed E-state index contributed by atoms with van der Waals surface area (Å²) >= 11 is 1.16. The van der Waals surface area contributed by atoms with Crippen molar-refractivity contribution in [1.82, 2.24) is 0 Å². The molecular weight excluding hydrogens is 336 g/mol. The molecule has 0 atom stereocenters. The fourth-order valence-corrected chi connectivity index (χ4v) is 3.37. The van der Waals surface area contributed by atoms with Crippen LogP contribution in [0.1, 0.15) is 10.6 Å². The van der Waals surface area contributed by atoms with Crippen molar-refractivity contribution in [2.24, 2.45) is 0 Å². The third kappa shape index (κ3) is 2.61. The van der Waals surface area contributed by atoms with Crippen molar-refractivity contribution in [3.8, 4) is 33.8 Å². The zero-order valence-electron chi connectivity index (χ0n) is 12.9. The highest BCUT2D eigenvalue weighted by atomic mass is 32.1. The van der Waals surface area contributed by atoms with Gasteiger partial charge in [0.05, 0.1) is 25.2 Å². The van der Waals surface area contributed by atoms with E-state index in [1.165, 1.54) is 26.4 Å². The molecule has 8 heteroatoms. The van der Waals surface area contributed by atoms with Crippen molar-refractivity contribution in [3.63, 3.8) is 0 Å². The summed E-state index contributed by atoms with van der Waals surface area (Å²) < 4.78 is 15.8. The Morgan fingerprint density at radius 3 is 2.42 bits per heavy atom. The first kappa shape index (κ1) is 16.0. The van der Waals surface area contributed by atoms with Crippen molar-refractivity contribution >= 4 is 22.3 Å². The minimum Gasteiger partial charge on any atom is -0.507 e. The SMILES string of the molecule is COc1sc(Cc2[o+]c3cc(O)cc(O)c3cc2O)c(OC)c1O. The van der Waals surface area contributed by atoms with Gasteiger partial charge in [0.15, 0.2) is 5.75 Å². The monoisotopic (exact) mass is 351 g/mol. The Hall–Kier alpha value is -2.87. The van der Waals surface area contributed by atoms with E-state index in [2.05, 4.69) is 0 Å². The summed E-state index contributed by atoms with van der Waals surface area (Å²) in [5, 5.41) is 40.1. The third-order valence-electron chi connectivity index (χ3n) is 3.49. The van der Waals surface area contributed by atoms with Crippen LogP contribution in [0.15, 0.2) is 22.6 Å². The standard InChI is InChI=1S/C16H14O7S/c1-21-15-13(24-16(22-2)14(15)20)6-12-10(19)5-8-9(18)3-7(17)4-11(8)23-12/h3-5H,6H2,1-2H3,(H3-,17,18,19,20)/p+1. The first-order valence-electron chi connectivity index (χ1n) is 6.87. The molecule has 0 saturated heterocycles. The van der Waals surface area contributed by atoms with Crippen LogP contribution in [0.4, 0.5) is 0 Å². The van der Waals surface area contributed by atoms with Crippen LogP contribution in [0.2, 0.25) is 0 Å². The molecule has 0 bridgehead atoms. The van der Waals surface area contributed by atoms with Gasteiger partial charge in [-0.3, -0.25) is 0 Å². The number of aromatic hydroxyl groups is 4. The molecule has 2 heterocycles. The van der Waals surface area contributed by atoms with Crippen LogP contribution in [0, 0.1) is 0 Å². The average molecular weight is 351 g/mol. The lowest BCUT2D eigenvalue weighted by atomic mass is 10.1. The summed E-state index contributed by atoms with van der Waals surface area (Å²) in [4.78, 5) is 0.592. The second-order valence-corrected chi connectivity index (χ2v) is 6.07. The van der Waals surface area contributed by atoms with E-state index in [1.807, 2.05) is 0 Å². The Morgan fingerprint density at radius 2 is 1.75 bits per heavy atom. The minimum atomic E-state index is -0.205. The van der Waals surface area contributed by atoms with Crippen LogP contribution in [0.25, 0.3) is 11.0 Å². The second kappa shape index (κ2) is 5.97. The van der Waals surface area contributed by atoms with E-state index in [0.717, 1.165) is 17.4 Å². The maximum atomic E-state index is 10.2. The van der Waals surface area contributed by atoms with E-state index < -0.39 is 0 Å². The van der Waals surface area contributed by atoms with Gasteiger partial charge in [0.25, 0.3) is 0 Å². The van der Waals surface area contributed by atoms with E-state index in [1.54, 1.807) is 0 Å². The van der Waals surface area contributed by atoms with Crippen molar-refractivity contribution in [3.05, 3.63) is 28.8 Å². The molecule has 0 aliphatic heterocycles. The molecule has 0 radical (unpaired) electrons. The van der Waals surface area contributed by atoms with Crippen LogP contribution in [-0.2, 0) is 6.42 Å². The quantitative estimate of drug-likeness (QED) is 0.534. The highest BCUT2D eigenvalue weighted by Crippen LogP contribution is 2.48. The van der Waals surface area contributed by atoms with Gasteiger partial charge in [-0.2, -0.15) is 0 Å². The van der Waals surface area contributed by atoms with Crippen molar-refractivity contribution in [1.29, 1.82) is 0 Å². The van der Waals surface area contributed by atoms with Gasteiger partial charge < -0.3 is 29.9 Å². The molecule has 3 aromatic rings. The van der Waals surface area contributed by atoms with E-state index >= 15 is 0 Å². The smallest absolute Gasteiger partial charge is 0.376 e. The largest absolute Gasteiger partial charge is 0.507 e. The summed E-state index contributed by atoms with van der Waals surface area (Å²) in [7, 11) is 2.84. The van der Waals surface area contributed by atoms with Crippen LogP contribution in [0.5, 0.6) is 33.8 Å². The normalized spacial score (nSPS) is 10.9. The van der Waals surface area contributed by atoms with Gasteiger partial charge in [-0.25, -0.2) is 4.42 Å². The maximum Gasteiger partial charge on any atom is 0.376 e. The molecule has 0 fully saturated rings. The zero-order valence-corrected chi connectivity index (χ0v) is 13.7. The molecule has 4 N–H and O–H groups in total. The topological polar surface area (TPSA) is 111 Å². The van der Waals surface area contributed by atoms with E-state index in [9.17, 15) is 20.4 Å². The second-order valence-electron chi connectivity index (χ2n) is 5.01. The Morgan fingerprint density at radius 1 is 1.00 bits per heavy atom. The molecule has 7 nitrogen and oxygen atoms in total. The summed E-state index contributed by atoms with van der Waals surface area (Å²) in [5.41, 5.74) is 0.215. The summed E-state index contributed by atoms with van der Waals surface area (Å²) in [6.45, 7) is 0. The Kier molecular flexibility index (Phi) is 3.98. The molecule has 1 aromatic carbocycles. The number of hydrogen-bond donors (Lipinski definition) is 4. The molecule has 0 spiro atoms. The molecule has 0 unspecified atom stereocenters. The predicted octanol–water partition coefficient (Wildman–Crippen LogP) is 3.21. The molecule has 126 valence electrons. The molecule has 0 aliphatic rings. The number of thiophene rings is 1. The Bertz CT molecular complexity index is 917. The number of benzene rings is 1. The van der Waals surface area contributed by atoms with Crippen LogP contribution < -0.4 is 9.47 Å². The lowest BCUT2D eigenvalue weighted by molar-refractivity contribution is 0.348. The summed E-state index contributed by atoms with van der Waals surface area (Å²) in [6.07, 6.45) is 0.128. The number of phenols is 2. The molecular formula is C16H15O7S+. The fraction of sp³-hybridized carbons (Fsp3) is 0.188. The zero-order chi connectivity index (χ0) is 17.4. The van der Waals surface area contributed by atoms with Crippen LogP contribution in [-0.4, -0.2) is 34.6 Å². The van der Waals surface area contributed by atoms with E-state index in [-0.39, 0.29) is 57.0 Å². The lowest BCUT2D eigenvalue weighted by Crippen LogP contribution is -1.91. The van der Waals surface area contributed by atoms with Gasteiger partial charge in [0.2, 0.25) is 16.6 Å². The van der Waals surface area contributed by atoms with Gasteiger partial charge >= 0.3 is 11.3 Å². The van der Waals surface area contributed by atoms with Crippen LogP contribution in [0.3, 0.4) is 0 Å². The van der Waals surface area contributed by atoms with E-state index in [4.69, 9.17) is 13.9 Å². The minimum absolute atomic E-state index is 0.115. The summed E-state index contributed by atoms with van der Waals surface area (Å²) in [5.74, 6) is -0.218. The van der Waals surface area contributed by atoms with Gasteiger partial charge in [0, 0.05) is 12.1 Å². The number of fused-ring (bicyclic) bond motifs is 1. The molecule has 3 rings (SSSR count). The first-order chi connectivity index (χ1) is 11.4. The molecule has 0 amide bonds. The van der Waals surface area contributed by atoms with Gasteiger partial charge in [-0.1, -0.05) is 11.3 Å². The van der Waals surface area contributed by atoms with Crippen molar-refractivity contribution in [2.45, 2.75) is 6.42 Å². The predicted molar refractivity (Wildman–Crippen MR) is 87.5 cm³/mol. The first-order valence-corrected chi connectivity index (χ1v) is 7.69. The molecule has 0 aliphatic carbocycles. The number of hydrogen-bond acceptors (Lipinski definition) is 7. The Labute approximate surface area is 140 Å². The number of methoxy groups -OCH3 is 2. The van der Waals surface area contributed by atoms with Crippen LogP contribution >= 0.6 is 11.3 Å². The van der Waals surface area contributed by atoms with Gasteiger partial charge in [-0.05, 0) is 0 Å². The van der Waals surface area contributed by atoms with E-state index in [0.29, 0.717) is 4.88 Å². The lowest BCUT2D eigenvalue weighted by Gasteiger charge is -2.01.